The monoisotopic (exact) mass is 446 g/mol. The molecule has 1 saturated heterocycles. The zero-order chi connectivity index (χ0) is 22.4. The second-order valence-electron chi connectivity index (χ2n) is 8.70. The summed E-state index contributed by atoms with van der Waals surface area (Å²) in [4.78, 5) is 27.6. The molecule has 0 saturated carbocycles. The van der Waals surface area contributed by atoms with Crippen molar-refractivity contribution < 1.29 is 9.59 Å². The fraction of sp³-hybridized carbons (Fsp3) is 0.320. The van der Waals surface area contributed by atoms with Crippen LogP contribution in [0.1, 0.15) is 34.4 Å². The number of aromatic nitrogens is 2. The van der Waals surface area contributed by atoms with Crippen molar-refractivity contribution in [1.29, 1.82) is 0 Å². The number of hydrogen-bond donors (Lipinski definition) is 1. The highest BCUT2D eigenvalue weighted by Gasteiger charge is 2.36. The van der Waals surface area contributed by atoms with Crippen LogP contribution in [0.15, 0.2) is 42.5 Å². The molecule has 1 atom stereocenters. The molecule has 0 aliphatic carbocycles. The molecule has 1 fully saturated rings. The second-order valence-corrected chi connectivity index (χ2v) is 9.68. The van der Waals surface area contributed by atoms with Gasteiger partial charge in [-0.2, -0.15) is 16.9 Å². The van der Waals surface area contributed by atoms with Gasteiger partial charge in [0.1, 0.15) is 5.82 Å². The van der Waals surface area contributed by atoms with E-state index in [2.05, 4.69) is 31.3 Å². The maximum atomic E-state index is 13.3. The first-order valence-corrected chi connectivity index (χ1v) is 12.0. The van der Waals surface area contributed by atoms with Crippen LogP contribution < -0.4 is 10.2 Å². The van der Waals surface area contributed by atoms with Crippen LogP contribution in [0.5, 0.6) is 0 Å². The van der Waals surface area contributed by atoms with E-state index in [1.165, 1.54) is 5.56 Å². The van der Waals surface area contributed by atoms with E-state index >= 15 is 0 Å². The molecule has 3 aromatic rings. The zero-order valence-electron chi connectivity index (χ0n) is 18.5. The molecular formula is C25H26N4O2S. The van der Waals surface area contributed by atoms with Gasteiger partial charge < -0.3 is 10.2 Å². The highest BCUT2D eigenvalue weighted by molar-refractivity contribution is 7.98. The minimum absolute atomic E-state index is 0.0160. The summed E-state index contributed by atoms with van der Waals surface area (Å²) in [6.45, 7) is 6.53. The quantitative estimate of drug-likeness (QED) is 0.639. The second kappa shape index (κ2) is 8.13. The van der Waals surface area contributed by atoms with Gasteiger partial charge >= 0.3 is 0 Å². The van der Waals surface area contributed by atoms with E-state index in [1.807, 2.05) is 41.9 Å². The number of anilines is 2. The van der Waals surface area contributed by atoms with Gasteiger partial charge in [0, 0.05) is 35.7 Å². The first-order chi connectivity index (χ1) is 15.4. The Bertz CT molecular complexity index is 1220. The molecule has 2 amide bonds. The van der Waals surface area contributed by atoms with Crippen molar-refractivity contribution in [2.75, 3.05) is 16.8 Å². The lowest BCUT2D eigenvalue weighted by atomic mass is 10.1. The number of amides is 2. The molecule has 2 aromatic carbocycles. The average Bonchev–Trinajstić information content (AvgIpc) is 3.45. The molecule has 3 heterocycles. The number of thioether (sulfide) groups is 1. The summed E-state index contributed by atoms with van der Waals surface area (Å²) in [5, 5.41) is 7.96. The van der Waals surface area contributed by atoms with Gasteiger partial charge in [-0.05, 0) is 44.5 Å². The number of aryl methyl sites for hydroxylation is 3. The van der Waals surface area contributed by atoms with E-state index in [4.69, 9.17) is 5.10 Å². The van der Waals surface area contributed by atoms with Crippen LogP contribution in [0, 0.1) is 26.7 Å². The molecule has 1 unspecified atom stereocenters. The number of carbonyl (C=O) groups is 2. The predicted molar refractivity (Wildman–Crippen MR) is 128 cm³/mol. The van der Waals surface area contributed by atoms with Crippen molar-refractivity contribution in [2.45, 2.75) is 38.7 Å². The number of nitrogens with zero attached hydrogens (tertiary/aromatic N) is 3. The minimum Gasteiger partial charge on any atom is -0.312 e. The van der Waals surface area contributed by atoms with Crippen LogP contribution in [0.2, 0.25) is 0 Å². The standard InChI is InChI=1S/C25H26N4O2S/c1-15-4-7-19(8-5-15)28-12-18(11-23(28)30)25(31)26-24-20-13-32-14-21(20)27-29(24)22-9-6-16(2)10-17(22)3/h4-10,18H,11-14H2,1-3H3,(H,26,31). The summed E-state index contributed by atoms with van der Waals surface area (Å²) < 4.78 is 1.87. The van der Waals surface area contributed by atoms with Crippen molar-refractivity contribution in [3.63, 3.8) is 0 Å². The molecule has 7 heteroatoms. The summed E-state index contributed by atoms with van der Waals surface area (Å²) in [7, 11) is 0. The molecule has 0 spiro atoms. The summed E-state index contributed by atoms with van der Waals surface area (Å²) >= 11 is 1.80. The average molecular weight is 447 g/mol. The number of fused-ring (bicyclic) bond motifs is 1. The van der Waals surface area contributed by atoms with E-state index in [0.29, 0.717) is 6.54 Å². The van der Waals surface area contributed by atoms with Gasteiger partial charge in [0.15, 0.2) is 0 Å². The largest absolute Gasteiger partial charge is 0.312 e. The first-order valence-electron chi connectivity index (χ1n) is 10.8. The SMILES string of the molecule is Cc1ccc(N2CC(C(=O)Nc3c4c(nn3-c3ccc(C)cc3C)CSC4)CC2=O)cc1. The van der Waals surface area contributed by atoms with Gasteiger partial charge in [-0.1, -0.05) is 35.4 Å². The van der Waals surface area contributed by atoms with Gasteiger partial charge in [0.2, 0.25) is 11.8 Å². The summed E-state index contributed by atoms with van der Waals surface area (Å²) in [6, 6.07) is 14.1. The molecule has 0 bridgehead atoms. The van der Waals surface area contributed by atoms with E-state index < -0.39 is 5.92 Å². The third-order valence-electron chi connectivity index (χ3n) is 6.22. The lowest BCUT2D eigenvalue weighted by molar-refractivity contribution is -0.122. The van der Waals surface area contributed by atoms with Crippen molar-refractivity contribution >= 4 is 35.1 Å². The van der Waals surface area contributed by atoms with Crippen LogP contribution in [-0.2, 0) is 21.1 Å². The fourth-order valence-corrected chi connectivity index (χ4v) is 5.47. The summed E-state index contributed by atoms with van der Waals surface area (Å²) in [6.07, 6.45) is 0.217. The van der Waals surface area contributed by atoms with Gasteiger partial charge in [-0.15, -0.1) is 0 Å². The van der Waals surface area contributed by atoms with Gasteiger partial charge in [-0.3, -0.25) is 9.59 Å². The Morgan fingerprint density at radius 2 is 1.81 bits per heavy atom. The Labute approximate surface area is 192 Å². The van der Waals surface area contributed by atoms with Crippen molar-refractivity contribution in [3.8, 4) is 5.69 Å². The highest BCUT2D eigenvalue weighted by Crippen LogP contribution is 2.37. The number of rotatable bonds is 4. The lowest BCUT2D eigenvalue weighted by Gasteiger charge is -2.18. The van der Waals surface area contributed by atoms with Crippen LogP contribution in [0.4, 0.5) is 11.5 Å². The molecule has 1 N–H and O–H groups in total. The molecule has 2 aliphatic heterocycles. The molecular weight excluding hydrogens is 420 g/mol. The van der Waals surface area contributed by atoms with Gasteiger partial charge in [0.05, 0.1) is 17.3 Å². The first kappa shape index (κ1) is 20.8. The third-order valence-corrected chi connectivity index (χ3v) is 7.19. The van der Waals surface area contributed by atoms with Crippen LogP contribution in [-0.4, -0.2) is 28.1 Å². The molecule has 5 rings (SSSR count). The number of carbonyl (C=O) groups excluding carboxylic acids is 2. The number of hydrogen-bond acceptors (Lipinski definition) is 4. The van der Waals surface area contributed by atoms with E-state index in [9.17, 15) is 9.59 Å². The molecule has 0 radical (unpaired) electrons. The van der Waals surface area contributed by atoms with Crippen molar-refractivity contribution in [2.24, 2.45) is 5.92 Å². The smallest absolute Gasteiger partial charge is 0.230 e. The van der Waals surface area contributed by atoms with Crippen LogP contribution in [0.25, 0.3) is 5.69 Å². The Morgan fingerprint density at radius 1 is 1.06 bits per heavy atom. The van der Waals surface area contributed by atoms with Gasteiger partial charge in [0.25, 0.3) is 0 Å². The van der Waals surface area contributed by atoms with E-state index in [1.54, 1.807) is 16.7 Å². The Hall–Kier alpha value is -3.06. The number of benzene rings is 2. The third kappa shape index (κ3) is 3.71. The van der Waals surface area contributed by atoms with Gasteiger partial charge in [-0.25, -0.2) is 4.68 Å². The lowest BCUT2D eigenvalue weighted by Crippen LogP contribution is -2.29. The minimum atomic E-state index is -0.393. The number of nitrogens with one attached hydrogen (secondary N) is 1. The molecule has 164 valence electrons. The topological polar surface area (TPSA) is 67.2 Å². The maximum Gasteiger partial charge on any atom is 0.230 e. The molecule has 1 aromatic heterocycles. The normalized spacial score (nSPS) is 17.7. The van der Waals surface area contributed by atoms with Crippen molar-refractivity contribution in [1.82, 2.24) is 9.78 Å². The summed E-state index contributed by atoms with van der Waals surface area (Å²) in [5.74, 6) is 1.88. The zero-order valence-corrected chi connectivity index (χ0v) is 19.3. The fourth-order valence-electron chi connectivity index (χ4n) is 4.43. The van der Waals surface area contributed by atoms with Crippen LogP contribution in [0.3, 0.4) is 0 Å². The van der Waals surface area contributed by atoms with Crippen LogP contribution >= 0.6 is 11.8 Å². The molecule has 6 nitrogen and oxygen atoms in total. The Morgan fingerprint density at radius 3 is 2.56 bits per heavy atom. The highest BCUT2D eigenvalue weighted by atomic mass is 32.2. The van der Waals surface area contributed by atoms with E-state index in [0.717, 1.165) is 51.1 Å². The van der Waals surface area contributed by atoms with Crippen molar-refractivity contribution in [3.05, 3.63) is 70.4 Å². The predicted octanol–water partition coefficient (Wildman–Crippen LogP) is 4.54. The summed E-state index contributed by atoms with van der Waals surface area (Å²) in [5.41, 5.74) is 7.35. The molecule has 32 heavy (non-hydrogen) atoms. The maximum absolute atomic E-state index is 13.3. The van der Waals surface area contributed by atoms with E-state index in [-0.39, 0.29) is 18.2 Å². The Balaban J connectivity index is 1.41. The molecule has 2 aliphatic rings. The Kier molecular flexibility index (Phi) is 5.29.